The number of hydrogen-bond acceptors (Lipinski definition) is 3. The molecular weight excluding hydrogens is 339 g/mol. The second-order valence-electron chi connectivity index (χ2n) is 4.67. The van der Waals surface area contributed by atoms with Gasteiger partial charge in [0, 0.05) is 22.8 Å². The Bertz CT molecular complexity index is 851. The molecule has 7 heteroatoms. The summed E-state index contributed by atoms with van der Waals surface area (Å²) in [5, 5.41) is 9.03. The Morgan fingerprint density at radius 3 is 2.09 bits per heavy atom. The van der Waals surface area contributed by atoms with Crippen LogP contribution in [-0.2, 0) is 7.05 Å². The average Bonchev–Trinajstić information content (AvgIpc) is 2.77. The van der Waals surface area contributed by atoms with E-state index < -0.39 is 0 Å². The Morgan fingerprint density at radius 2 is 1.50 bits per heavy atom. The SMILES string of the molecule is Cn1nc(Nc2ccc(Cl)cc2)n(-c2ccc(Cl)cc2)c1=S. The lowest BCUT2D eigenvalue weighted by Gasteiger charge is -2.09. The van der Waals surface area contributed by atoms with E-state index in [4.69, 9.17) is 35.4 Å². The number of hydrogen-bond donors (Lipinski definition) is 1. The van der Waals surface area contributed by atoms with Crippen molar-refractivity contribution >= 4 is 47.1 Å². The van der Waals surface area contributed by atoms with Crippen LogP contribution in [0.3, 0.4) is 0 Å². The number of nitrogens with one attached hydrogen (secondary N) is 1. The summed E-state index contributed by atoms with van der Waals surface area (Å²) in [6.45, 7) is 0. The summed E-state index contributed by atoms with van der Waals surface area (Å²) >= 11 is 17.3. The van der Waals surface area contributed by atoms with Crippen LogP contribution in [0.4, 0.5) is 11.6 Å². The van der Waals surface area contributed by atoms with Gasteiger partial charge in [-0.1, -0.05) is 23.2 Å². The van der Waals surface area contributed by atoms with Crippen LogP contribution < -0.4 is 5.32 Å². The highest BCUT2D eigenvalue weighted by molar-refractivity contribution is 7.71. The molecule has 0 unspecified atom stereocenters. The molecule has 0 amide bonds. The van der Waals surface area contributed by atoms with Gasteiger partial charge >= 0.3 is 0 Å². The summed E-state index contributed by atoms with van der Waals surface area (Å²) in [6.07, 6.45) is 0. The van der Waals surface area contributed by atoms with Crippen LogP contribution in [0.2, 0.25) is 10.0 Å². The number of rotatable bonds is 3. The average molecular weight is 351 g/mol. The Balaban J connectivity index is 2.05. The van der Waals surface area contributed by atoms with Gasteiger partial charge in [-0.05, 0) is 60.7 Å². The minimum Gasteiger partial charge on any atom is -0.324 e. The van der Waals surface area contributed by atoms with Gasteiger partial charge in [0.1, 0.15) is 0 Å². The Kier molecular flexibility index (Phi) is 4.20. The van der Waals surface area contributed by atoms with Gasteiger partial charge in [0.15, 0.2) is 0 Å². The van der Waals surface area contributed by atoms with E-state index in [2.05, 4.69) is 10.4 Å². The lowest BCUT2D eigenvalue weighted by molar-refractivity contribution is 0.750. The minimum absolute atomic E-state index is 0.582. The molecule has 0 bridgehead atoms. The molecule has 2 aromatic carbocycles. The number of aryl methyl sites for hydroxylation is 1. The molecule has 0 aliphatic rings. The number of aromatic nitrogens is 3. The monoisotopic (exact) mass is 350 g/mol. The highest BCUT2D eigenvalue weighted by Crippen LogP contribution is 2.22. The third-order valence-electron chi connectivity index (χ3n) is 3.11. The molecule has 3 aromatic rings. The van der Waals surface area contributed by atoms with Gasteiger partial charge in [0.2, 0.25) is 10.7 Å². The molecule has 0 aliphatic carbocycles. The van der Waals surface area contributed by atoms with Crippen LogP contribution in [0, 0.1) is 4.77 Å². The van der Waals surface area contributed by atoms with E-state index in [1.54, 1.807) is 4.68 Å². The maximum absolute atomic E-state index is 5.94. The zero-order valence-corrected chi connectivity index (χ0v) is 14.0. The van der Waals surface area contributed by atoms with Crippen LogP contribution in [0.25, 0.3) is 5.69 Å². The van der Waals surface area contributed by atoms with Crippen molar-refractivity contribution < 1.29 is 0 Å². The first-order valence-electron chi connectivity index (χ1n) is 6.49. The first-order valence-corrected chi connectivity index (χ1v) is 7.65. The largest absolute Gasteiger partial charge is 0.324 e. The predicted molar refractivity (Wildman–Crippen MR) is 93.1 cm³/mol. The topological polar surface area (TPSA) is 34.8 Å². The number of halogens is 2. The van der Waals surface area contributed by atoms with Crippen molar-refractivity contribution in [2.75, 3.05) is 5.32 Å². The van der Waals surface area contributed by atoms with Crippen LogP contribution in [-0.4, -0.2) is 14.3 Å². The lowest BCUT2D eigenvalue weighted by atomic mass is 10.3. The smallest absolute Gasteiger partial charge is 0.232 e. The normalized spacial score (nSPS) is 10.7. The standard InChI is InChI=1S/C15H12Cl2N4S/c1-20-15(22)21(13-8-4-11(17)5-9-13)14(19-20)18-12-6-2-10(16)3-7-12/h2-9H,1H3,(H,18,19). The van der Waals surface area contributed by atoms with Crippen molar-refractivity contribution in [2.24, 2.45) is 7.05 Å². The van der Waals surface area contributed by atoms with E-state index in [9.17, 15) is 0 Å². The Labute approximate surface area is 142 Å². The van der Waals surface area contributed by atoms with E-state index >= 15 is 0 Å². The predicted octanol–water partition coefficient (Wildman–Crippen LogP) is 4.99. The summed E-state index contributed by atoms with van der Waals surface area (Å²) in [5.74, 6) is 0.622. The quantitative estimate of drug-likeness (QED) is 0.675. The molecule has 0 atom stereocenters. The highest BCUT2D eigenvalue weighted by Gasteiger charge is 2.11. The van der Waals surface area contributed by atoms with Crippen LogP contribution >= 0.6 is 35.4 Å². The molecule has 1 heterocycles. The summed E-state index contributed by atoms with van der Waals surface area (Å²) in [6, 6.07) is 14.8. The molecule has 0 fully saturated rings. The number of anilines is 2. The summed E-state index contributed by atoms with van der Waals surface area (Å²) < 4.78 is 4.07. The third-order valence-corrected chi connectivity index (χ3v) is 4.06. The molecule has 22 heavy (non-hydrogen) atoms. The van der Waals surface area contributed by atoms with E-state index in [0.717, 1.165) is 11.4 Å². The van der Waals surface area contributed by atoms with Crippen molar-refractivity contribution in [1.82, 2.24) is 14.3 Å². The molecule has 0 radical (unpaired) electrons. The number of nitrogens with zero attached hydrogens (tertiary/aromatic N) is 3. The van der Waals surface area contributed by atoms with Gasteiger partial charge in [0.05, 0.1) is 5.69 Å². The second kappa shape index (κ2) is 6.12. The van der Waals surface area contributed by atoms with Gasteiger partial charge < -0.3 is 5.32 Å². The number of benzene rings is 2. The van der Waals surface area contributed by atoms with Gasteiger partial charge in [-0.25, -0.2) is 4.68 Å². The summed E-state index contributed by atoms with van der Waals surface area (Å²) in [5.41, 5.74) is 1.76. The van der Waals surface area contributed by atoms with E-state index in [-0.39, 0.29) is 0 Å². The first-order chi connectivity index (χ1) is 10.5. The van der Waals surface area contributed by atoms with Crippen molar-refractivity contribution in [3.8, 4) is 5.69 Å². The fourth-order valence-corrected chi connectivity index (χ4v) is 2.52. The van der Waals surface area contributed by atoms with Crippen molar-refractivity contribution in [3.63, 3.8) is 0 Å². The molecule has 0 aliphatic heterocycles. The Morgan fingerprint density at radius 1 is 0.955 bits per heavy atom. The van der Waals surface area contributed by atoms with Crippen LogP contribution in [0.15, 0.2) is 48.5 Å². The van der Waals surface area contributed by atoms with Crippen LogP contribution in [0.1, 0.15) is 0 Å². The van der Waals surface area contributed by atoms with Crippen molar-refractivity contribution in [2.45, 2.75) is 0 Å². The molecule has 1 aromatic heterocycles. The van der Waals surface area contributed by atoms with Crippen molar-refractivity contribution in [1.29, 1.82) is 0 Å². The van der Waals surface area contributed by atoms with E-state index in [1.807, 2.05) is 60.1 Å². The molecule has 112 valence electrons. The maximum atomic E-state index is 5.94. The summed E-state index contributed by atoms with van der Waals surface area (Å²) in [4.78, 5) is 0. The molecule has 3 rings (SSSR count). The second-order valence-corrected chi connectivity index (χ2v) is 5.91. The van der Waals surface area contributed by atoms with Gasteiger partial charge in [-0.15, -0.1) is 5.10 Å². The van der Waals surface area contributed by atoms with Gasteiger partial charge in [-0.3, -0.25) is 4.57 Å². The molecule has 1 N–H and O–H groups in total. The van der Waals surface area contributed by atoms with Gasteiger partial charge in [0.25, 0.3) is 0 Å². The zero-order chi connectivity index (χ0) is 15.7. The minimum atomic E-state index is 0.582. The van der Waals surface area contributed by atoms with Gasteiger partial charge in [-0.2, -0.15) is 0 Å². The highest BCUT2D eigenvalue weighted by atomic mass is 35.5. The fourth-order valence-electron chi connectivity index (χ4n) is 2.03. The molecule has 4 nitrogen and oxygen atoms in total. The third kappa shape index (κ3) is 3.02. The lowest BCUT2D eigenvalue weighted by Crippen LogP contribution is -2.01. The van der Waals surface area contributed by atoms with Crippen molar-refractivity contribution in [3.05, 3.63) is 63.3 Å². The van der Waals surface area contributed by atoms with Crippen LogP contribution in [0.5, 0.6) is 0 Å². The van der Waals surface area contributed by atoms with E-state index in [1.165, 1.54) is 0 Å². The molecule has 0 saturated heterocycles. The maximum Gasteiger partial charge on any atom is 0.232 e. The molecule has 0 saturated carbocycles. The summed E-state index contributed by atoms with van der Waals surface area (Å²) in [7, 11) is 1.81. The Hall–Kier alpha value is -1.82. The zero-order valence-electron chi connectivity index (χ0n) is 11.6. The van der Waals surface area contributed by atoms with E-state index in [0.29, 0.717) is 20.8 Å². The first kappa shape index (κ1) is 15.1. The molecule has 0 spiro atoms. The fraction of sp³-hybridized carbons (Fsp3) is 0.0667. The molecular formula is C15H12Cl2N4S.